The molecule has 0 bridgehead atoms. The second-order valence-corrected chi connectivity index (χ2v) is 4.45. The summed E-state index contributed by atoms with van der Waals surface area (Å²) in [6, 6.07) is 5.76. The van der Waals surface area contributed by atoms with Gasteiger partial charge in [-0.3, -0.25) is 0 Å². The van der Waals surface area contributed by atoms with Gasteiger partial charge in [-0.1, -0.05) is 23.7 Å². The van der Waals surface area contributed by atoms with Crippen LogP contribution in [-0.2, 0) is 20.2 Å². The van der Waals surface area contributed by atoms with Gasteiger partial charge in [0.15, 0.2) is 0 Å². The lowest BCUT2D eigenvalue weighted by molar-refractivity contribution is 0.293. The summed E-state index contributed by atoms with van der Waals surface area (Å²) in [6.07, 6.45) is 3.54. The Morgan fingerprint density at radius 2 is 2.28 bits per heavy atom. The summed E-state index contributed by atoms with van der Waals surface area (Å²) in [4.78, 5) is 4.05. The van der Waals surface area contributed by atoms with Crippen LogP contribution >= 0.6 is 11.6 Å². The Morgan fingerprint density at radius 3 is 2.94 bits per heavy atom. The minimum atomic E-state index is 0.455. The number of nitrogens with zero attached hydrogens (tertiary/aromatic N) is 2. The van der Waals surface area contributed by atoms with Crippen molar-refractivity contribution in [3.8, 4) is 5.75 Å². The van der Waals surface area contributed by atoms with Crippen LogP contribution in [0.3, 0.4) is 0 Å². The fraction of sp³-hybridized carbons (Fsp3) is 0.308. The first kappa shape index (κ1) is 12.9. The van der Waals surface area contributed by atoms with Gasteiger partial charge in [0.25, 0.3) is 0 Å². The van der Waals surface area contributed by atoms with Crippen LogP contribution in [0.5, 0.6) is 5.75 Å². The second kappa shape index (κ2) is 5.89. The van der Waals surface area contributed by atoms with Crippen molar-refractivity contribution in [2.45, 2.75) is 13.2 Å². The van der Waals surface area contributed by atoms with Crippen LogP contribution in [0.2, 0.25) is 5.02 Å². The third kappa shape index (κ3) is 2.83. The van der Waals surface area contributed by atoms with Gasteiger partial charge in [-0.05, 0) is 13.1 Å². The predicted molar refractivity (Wildman–Crippen MR) is 71.8 cm³/mol. The zero-order chi connectivity index (χ0) is 13.0. The molecule has 0 spiro atoms. The number of rotatable bonds is 5. The smallest absolute Gasteiger partial charge is 0.142 e. The molecular formula is C13H16ClN3O. The molecule has 96 valence electrons. The molecule has 2 aromatic rings. The number of aryl methyl sites for hydroxylation is 1. The Morgan fingerprint density at radius 1 is 1.44 bits per heavy atom. The highest BCUT2D eigenvalue weighted by Crippen LogP contribution is 2.29. The van der Waals surface area contributed by atoms with Crippen molar-refractivity contribution in [1.82, 2.24) is 14.9 Å². The van der Waals surface area contributed by atoms with E-state index in [1.54, 1.807) is 12.5 Å². The van der Waals surface area contributed by atoms with Crippen LogP contribution in [0.25, 0.3) is 0 Å². The van der Waals surface area contributed by atoms with Gasteiger partial charge in [0.05, 0.1) is 23.2 Å². The summed E-state index contributed by atoms with van der Waals surface area (Å²) in [5.41, 5.74) is 2.05. The van der Waals surface area contributed by atoms with E-state index >= 15 is 0 Å². The molecule has 0 atom stereocenters. The van der Waals surface area contributed by atoms with Crippen molar-refractivity contribution in [3.05, 3.63) is 47.0 Å². The Kier molecular flexibility index (Phi) is 4.23. The molecule has 0 saturated heterocycles. The number of para-hydroxylation sites is 1. The molecule has 2 rings (SSSR count). The van der Waals surface area contributed by atoms with E-state index < -0.39 is 0 Å². The Balaban J connectivity index is 2.15. The Hall–Kier alpha value is -1.52. The number of aromatic nitrogens is 2. The first-order chi connectivity index (χ1) is 8.72. The van der Waals surface area contributed by atoms with Gasteiger partial charge < -0.3 is 14.6 Å². The van der Waals surface area contributed by atoms with Gasteiger partial charge in [-0.15, -0.1) is 0 Å². The summed E-state index contributed by atoms with van der Waals surface area (Å²) in [7, 11) is 3.83. The van der Waals surface area contributed by atoms with E-state index in [0.717, 1.165) is 23.6 Å². The summed E-state index contributed by atoms with van der Waals surface area (Å²) in [5, 5.41) is 3.73. The lowest BCUT2D eigenvalue weighted by Gasteiger charge is -2.13. The van der Waals surface area contributed by atoms with Crippen LogP contribution in [0, 0.1) is 0 Å². The number of imidazole rings is 1. The minimum absolute atomic E-state index is 0.455. The minimum Gasteiger partial charge on any atom is -0.485 e. The quantitative estimate of drug-likeness (QED) is 0.902. The topological polar surface area (TPSA) is 39.1 Å². The number of ether oxygens (including phenoxy) is 1. The fourth-order valence-electron chi connectivity index (χ4n) is 1.71. The van der Waals surface area contributed by atoms with Gasteiger partial charge in [0.1, 0.15) is 12.4 Å². The first-order valence-electron chi connectivity index (χ1n) is 5.72. The molecule has 0 unspecified atom stereocenters. The standard InChI is InChI=1S/C13H16ClN3O/c1-15-6-10-4-3-5-12(14)13(10)18-8-11-7-16-9-17(11)2/h3-5,7,9,15H,6,8H2,1-2H3. The number of benzene rings is 1. The van der Waals surface area contributed by atoms with E-state index in [1.807, 2.05) is 36.9 Å². The molecule has 1 aromatic heterocycles. The number of hydrogen-bond donors (Lipinski definition) is 1. The summed E-state index contributed by atoms with van der Waals surface area (Å²) < 4.78 is 7.74. The fourth-order valence-corrected chi connectivity index (χ4v) is 1.96. The molecule has 1 aromatic carbocycles. The van der Waals surface area contributed by atoms with Gasteiger partial charge in [0.2, 0.25) is 0 Å². The molecule has 1 heterocycles. The number of halogens is 1. The van der Waals surface area contributed by atoms with Crippen molar-refractivity contribution >= 4 is 11.6 Å². The van der Waals surface area contributed by atoms with Crippen molar-refractivity contribution in [2.75, 3.05) is 7.05 Å². The van der Waals surface area contributed by atoms with Gasteiger partial charge in [-0.25, -0.2) is 4.98 Å². The number of hydrogen-bond acceptors (Lipinski definition) is 3. The van der Waals surface area contributed by atoms with Gasteiger partial charge in [-0.2, -0.15) is 0 Å². The van der Waals surface area contributed by atoms with Crippen LogP contribution in [0.15, 0.2) is 30.7 Å². The highest BCUT2D eigenvalue weighted by Gasteiger charge is 2.09. The van der Waals surface area contributed by atoms with Crippen LogP contribution in [0.4, 0.5) is 0 Å². The average molecular weight is 266 g/mol. The maximum absolute atomic E-state index is 6.17. The van der Waals surface area contributed by atoms with Crippen molar-refractivity contribution in [2.24, 2.45) is 7.05 Å². The predicted octanol–water partition coefficient (Wildman–Crippen LogP) is 2.37. The third-order valence-corrected chi connectivity index (χ3v) is 2.99. The molecule has 0 radical (unpaired) electrons. The highest BCUT2D eigenvalue weighted by atomic mass is 35.5. The molecule has 0 fully saturated rings. The molecule has 0 aliphatic heterocycles. The van der Waals surface area contributed by atoms with Crippen molar-refractivity contribution < 1.29 is 4.74 Å². The van der Waals surface area contributed by atoms with E-state index in [1.165, 1.54) is 0 Å². The van der Waals surface area contributed by atoms with E-state index in [-0.39, 0.29) is 0 Å². The number of nitrogens with one attached hydrogen (secondary N) is 1. The Bertz CT molecular complexity index is 525. The molecule has 18 heavy (non-hydrogen) atoms. The van der Waals surface area contributed by atoms with E-state index in [0.29, 0.717) is 11.6 Å². The SMILES string of the molecule is CNCc1cccc(Cl)c1OCc1cncn1C. The zero-order valence-corrected chi connectivity index (χ0v) is 11.2. The molecule has 0 aliphatic rings. The second-order valence-electron chi connectivity index (χ2n) is 4.04. The monoisotopic (exact) mass is 265 g/mol. The van der Waals surface area contributed by atoms with Crippen LogP contribution in [0.1, 0.15) is 11.3 Å². The van der Waals surface area contributed by atoms with Gasteiger partial charge in [0, 0.05) is 19.2 Å². The largest absolute Gasteiger partial charge is 0.485 e. The van der Waals surface area contributed by atoms with E-state index in [4.69, 9.17) is 16.3 Å². The molecule has 1 N–H and O–H groups in total. The first-order valence-corrected chi connectivity index (χ1v) is 6.10. The lowest BCUT2D eigenvalue weighted by Crippen LogP contribution is -2.08. The van der Waals surface area contributed by atoms with Crippen LogP contribution < -0.4 is 10.1 Å². The van der Waals surface area contributed by atoms with Gasteiger partial charge >= 0.3 is 0 Å². The van der Waals surface area contributed by atoms with Crippen molar-refractivity contribution in [1.29, 1.82) is 0 Å². The maximum Gasteiger partial charge on any atom is 0.142 e. The zero-order valence-electron chi connectivity index (χ0n) is 10.5. The van der Waals surface area contributed by atoms with E-state index in [9.17, 15) is 0 Å². The maximum atomic E-state index is 6.17. The molecule has 0 amide bonds. The molecule has 4 nitrogen and oxygen atoms in total. The average Bonchev–Trinajstić information content (AvgIpc) is 2.75. The third-order valence-electron chi connectivity index (χ3n) is 2.70. The summed E-state index contributed by atoms with van der Waals surface area (Å²) >= 11 is 6.17. The molecule has 5 heteroatoms. The van der Waals surface area contributed by atoms with Crippen molar-refractivity contribution in [3.63, 3.8) is 0 Å². The molecule has 0 saturated carbocycles. The lowest BCUT2D eigenvalue weighted by atomic mass is 10.2. The molecule has 0 aliphatic carbocycles. The van der Waals surface area contributed by atoms with E-state index in [2.05, 4.69) is 10.3 Å². The summed E-state index contributed by atoms with van der Waals surface area (Å²) in [6.45, 7) is 1.18. The van der Waals surface area contributed by atoms with Crippen LogP contribution in [-0.4, -0.2) is 16.6 Å². The molecular weight excluding hydrogens is 250 g/mol. The highest BCUT2D eigenvalue weighted by molar-refractivity contribution is 6.32. The Labute approximate surface area is 112 Å². The summed E-state index contributed by atoms with van der Waals surface area (Å²) in [5.74, 6) is 0.731. The normalized spacial score (nSPS) is 10.6.